The molecule has 0 aliphatic rings. The summed E-state index contributed by atoms with van der Waals surface area (Å²) in [7, 11) is 0. The number of hydrogen-bond donors (Lipinski definition) is 1. The minimum absolute atomic E-state index is 0.117. The number of benzene rings is 1. The molecule has 0 spiro atoms. The van der Waals surface area contributed by atoms with Crippen LogP contribution in [0.5, 0.6) is 0 Å². The van der Waals surface area contributed by atoms with Gasteiger partial charge < -0.3 is 9.52 Å². The summed E-state index contributed by atoms with van der Waals surface area (Å²) in [6.45, 7) is -0.117. The van der Waals surface area contributed by atoms with E-state index >= 15 is 0 Å². The Morgan fingerprint density at radius 1 is 1.27 bits per heavy atom. The highest BCUT2D eigenvalue weighted by Gasteiger charge is 2.03. The number of aliphatic hydroxyl groups is 1. The van der Waals surface area contributed by atoms with Gasteiger partial charge in [0.2, 0.25) is 0 Å². The maximum atomic E-state index is 8.80. The van der Waals surface area contributed by atoms with Crippen molar-refractivity contribution in [1.29, 1.82) is 0 Å². The predicted octanol–water partition coefficient (Wildman–Crippen LogP) is 2.41. The molecule has 0 radical (unpaired) electrons. The van der Waals surface area contributed by atoms with E-state index in [0.29, 0.717) is 23.1 Å². The van der Waals surface area contributed by atoms with Gasteiger partial charge in [0.25, 0.3) is 0 Å². The van der Waals surface area contributed by atoms with E-state index in [-0.39, 0.29) is 6.61 Å². The van der Waals surface area contributed by atoms with Crippen LogP contribution in [-0.2, 0) is 13.0 Å². The Balaban J connectivity index is 2.11. The van der Waals surface area contributed by atoms with E-state index in [4.69, 9.17) is 21.1 Å². The molecule has 0 unspecified atom stereocenters. The number of nitrogens with zero attached hydrogens (tertiary/aromatic N) is 1. The summed E-state index contributed by atoms with van der Waals surface area (Å²) >= 11 is 5.77. The first-order chi connectivity index (χ1) is 7.28. The lowest BCUT2D eigenvalue weighted by atomic mass is 10.1. The SMILES string of the molecule is OCc1cnc(Cc2ccc(Cl)cc2)o1. The van der Waals surface area contributed by atoms with Gasteiger partial charge in [-0.15, -0.1) is 0 Å². The van der Waals surface area contributed by atoms with Crippen LogP contribution in [0, 0.1) is 0 Å². The molecule has 0 bridgehead atoms. The Morgan fingerprint density at radius 2 is 2.00 bits per heavy atom. The molecule has 0 fully saturated rings. The Bertz CT molecular complexity index is 436. The van der Waals surface area contributed by atoms with Crippen LogP contribution >= 0.6 is 11.6 Å². The normalized spacial score (nSPS) is 10.5. The number of aliphatic hydroxyl groups excluding tert-OH is 1. The van der Waals surface area contributed by atoms with E-state index < -0.39 is 0 Å². The number of rotatable bonds is 3. The molecule has 78 valence electrons. The average molecular weight is 224 g/mol. The maximum Gasteiger partial charge on any atom is 0.198 e. The number of halogens is 1. The first-order valence-electron chi connectivity index (χ1n) is 4.57. The highest BCUT2D eigenvalue weighted by atomic mass is 35.5. The van der Waals surface area contributed by atoms with Gasteiger partial charge in [-0.1, -0.05) is 23.7 Å². The second-order valence-electron chi connectivity index (χ2n) is 3.18. The van der Waals surface area contributed by atoms with Crippen LogP contribution in [0.15, 0.2) is 34.9 Å². The summed E-state index contributed by atoms with van der Waals surface area (Å²) in [5, 5.41) is 9.51. The largest absolute Gasteiger partial charge is 0.443 e. The van der Waals surface area contributed by atoms with Crippen molar-refractivity contribution < 1.29 is 9.52 Å². The lowest BCUT2D eigenvalue weighted by molar-refractivity contribution is 0.244. The third-order valence-electron chi connectivity index (χ3n) is 2.03. The molecule has 2 aromatic rings. The van der Waals surface area contributed by atoms with E-state index in [1.165, 1.54) is 6.20 Å². The van der Waals surface area contributed by atoms with Gasteiger partial charge in [0, 0.05) is 11.4 Å². The summed E-state index contributed by atoms with van der Waals surface area (Å²) in [4.78, 5) is 4.05. The van der Waals surface area contributed by atoms with Crippen molar-refractivity contribution >= 4 is 11.6 Å². The zero-order valence-electron chi connectivity index (χ0n) is 7.98. The van der Waals surface area contributed by atoms with Gasteiger partial charge in [0.05, 0.1) is 6.20 Å². The van der Waals surface area contributed by atoms with Gasteiger partial charge >= 0.3 is 0 Å². The zero-order valence-corrected chi connectivity index (χ0v) is 8.74. The highest BCUT2D eigenvalue weighted by molar-refractivity contribution is 6.30. The molecule has 0 saturated heterocycles. The lowest BCUT2D eigenvalue weighted by Crippen LogP contribution is -1.87. The van der Waals surface area contributed by atoms with Crippen LogP contribution < -0.4 is 0 Å². The Kier molecular flexibility index (Phi) is 3.04. The van der Waals surface area contributed by atoms with E-state index in [1.54, 1.807) is 0 Å². The smallest absolute Gasteiger partial charge is 0.198 e. The Labute approximate surface area is 92.3 Å². The van der Waals surface area contributed by atoms with Crippen LogP contribution in [0.1, 0.15) is 17.2 Å². The highest BCUT2D eigenvalue weighted by Crippen LogP contribution is 2.13. The third-order valence-corrected chi connectivity index (χ3v) is 2.28. The molecule has 0 aliphatic heterocycles. The molecule has 15 heavy (non-hydrogen) atoms. The van der Waals surface area contributed by atoms with Gasteiger partial charge in [0.15, 0.2) is 5.89 Å². The molecular weight excluding hydrogens is 214 g/mol. The molecular formula is C11H10ClNO2. The summed E-state index contributed by atoms with van der Waals surface area (Å²) in [5.41, 5.74) is 1.07. The zero-order chi connectivity index (χ0) is 10.7. The molecule has 0 saturated carbocycles. The van der Waals surface area contributed by atoms with Crippen molar-refractivity contribution in [1.82, 2.24) is 4.98 Å². The van der Waals surface area contributed by atoms with E-state index in [2.05, 4.69) is 4.98 Å². The van der Waals surface area contributed by atoms with Crippen molar-refractivity contribution in [3.05, 3.63) is 52.7 Å². The first-order valence-corrected chi connectivity index (χ1v) is 4.94. The van der Waals surface area contributed by atoms with Crippen molar-refractivity contribution in [2.75, 3.05) is 0 Å². The van der Waals surface area contributed by atoms with Gasteiger partial charge in [-0.25, -0.2) is 4.98 Å². The average Bonchev–Trinajstić information content (AvgIpc) is 2.69. The summed E-state index contributed by atoms with van der Waals surface area (Å²) in [5.74, 6) is 1.08. The molecule has 1 heterocycles. The quantitative estimate of drug-likeness (QED) is 0.869. The summed E-state index contributed by atoms with van der Waals surface area (Å²) in [6.07, 6.45) is 2.14. The van der Waals surface area contributed by atoms with E-state index in [1.807, 2.05) is 24.3 Å². The van der Waals surface area contributed by atoms with Gasteiger partial charge in [-0.05, 0) is 17.7 Å². The minimum atomic E-state index is -0.117. The fourth-order valence-corrected chi connectivity index (χ4v) is 1.41. The third kappa shape index (κ3) is 2.58. The summed E-state index contributed by atoms with van der Waals surface area (Å²) < 4.78 is 5.27. The fourth-order valence-electron chi connectivity index (χ4n) is 1.28. The van der Waals surface area contributed by atoms with Crippen molar-refractivity contribution in [3.63, 3.8) is 0 Å². The van der Waals surface area contributed by atoms with E-state index in [0.717, 1.165) is 5.56 Å². The number of hydrogen-bond acceptors (Lipinski definition) is 3. The van der Waals surface area contributed by atoms with Crippen molar-refractivity contribution in [3.8, 4) is 0 Å². The standard InChI is InChI=1S/C11H10ClNO2/c12-9-3-1-8(2-4-9)5-11-13-6-10(7-14)15-11/h1-4,6,14H,5,7H2. The lowest BCUT2D eigenvalue weighted by Gasteiger charge is -1.97. The van der Waals surface area contributed by atoms with Gasteiger partial charge in [0.1, 0.15) is 12.4 Å². The van der Waals surface area contributed by atoms with Crippen LogP contribution in [0.4, 0.5) is 0 Å². The monoisotopic (exact) mass is 223 g/mol. The Morgan fingerprint density at radius 3 is 2.60 bits per heavy atom. The topological polar surface area (TPSA) is 46.3 Å². The number of oxazole rings is 1. The number of aromatic nitrogens is 1. The van der Waals surface area contributed by atoms with Crippen LogP contribution in [0.3, 0.4) is 0 Å². The summed E-state index contributed by atoms with van der Waals surface area (Å²) in [6, 6.07) is 7.50. The Hall–Kier alpha value is -1.32. The molecule has 0 aliphatic carbocycles. The van der Waals surface area contributed by atoms with Crippen molar-refractivity contribution in [2.45, 2.75) is 13.0 Å². The predicted molar refractivity (Wildman–Crippen MR) is 56.7 cm³/mol. The van der Waals surface area contributed by atoms with Gasteiger partial charge in [-0.3, -0.25) is 0 Å². The molecule has 2 rings (SSSR count). The van der Waals surface area contributed by atoms with E-state index in [9.17, 15) is 0 Å². The fraction of sp³-hybridized carbons (Fsp3) is 0.182. The van der Waals surface area contributed by atoms with Gasteiger partial charge in [-0.2, -0.15) is 0 Å². The molecule has 3 nitrogen and oxygen atoms in total. The molecule has 4 heteroatoms. The van der Waals surface area contributed by atoms with Crippen LogP contribution in [0.2, 0.25) is 5.02 Å². The minimum Gasteiger partial charge on any atom is -0.443 e. The first kappa shape index (κ1) is 10.2. The maximum absolute atomic E-state index is 8.80. The molecule has 1 aromatic heterocycles. The van der Waals surface area contributed by atoms with Crippen LogP contribution in [0.25, 0.3) is 0 Å². The molecule has 1 N–H and O–H groups in total. The molecule has 1 aromatic carbocycles. The molecule has 0 atom stereocenters. The molecule has 0 amide bonds. The van der Waals surface area contributed by atoms with Crippen molar-refractivity contribution in [2.24, 2.45) is 0 Å². The second-order valence-corrected chi connectivity index (χ2v) is 3.62. The van der Waals surface area contributed by atoms with Crippen LogP contribution in [-0.4, -0.2) is 10.1 Å². The second kappa shape index (κ2) is 4.47.